The second kappa shape index (κ2) is 10.5. The molecule has 1 saturated heterocycles. The fourth-order valence-corrected chi connectivity index (χ4v) is 3.17. The predicted octanol–water partition coefficient (Wildman–Crippen LogP) is 1.79. The monoisotopic (exact) mass is 374 g/mol. The Morgan fingerprint density at radius 2 is 1.89 bits per heavy atom. The van der Waals surface area contributed by atoms with E-state index in [1.165, 1.54) is 7.11 Å². The van der Waals surface area contributed by atoms with Gasteiger partial charge in [0.2, 0.25) is 5.91 Å². The number of rotatable bonds is 6. The van der Waals surface area contributed by atoms with Crippen molar-refractivity contribution in [2.24, 2.45) is 10.9 Å². The van der Waals surface area contributed by atoms with Crippen molar-refractivity contribution in [3.63, 3.8) is 0 Å². The van der Waals surface area contributed by atoms with Gasteiger partial charge in [-0.25, -0.2) is 9.79 Å². The lowest BCUT2D eigenvalue weighted by molar-refractivity contribution is -0.121. The van der Waals surface area contributed by atoms with Gasteiger partial charge in [-0.15, -0.1) is 0 Å². The summed E-state index contributed by atoms with van der Waals surface area (Å²) in [5, 5.41) is 6.05. The minimum Gasteiger partial charge on any atom is -0.465 e. The Kier molecular flexibility index (Phi) is 8.10. The van der Waals surface area contributed by atoms with Gasteiger partial charge in [0.05, 0.1) is 19.2 Å². The second-order valence-corrected chi connectivity index (χ2v) is 6.67. The molecule has 1 aliphatic heterocycles. The summed E-state index contributed by atoms with van der Waals surface area (Å²) >= 11 is 0. The van der Waals surface area contributed by atoms with Crippen LogP contribution in [0.15, 0.2) is 29.3 Å². The fourth-order valence-electron chi connectivity index (χ4n) is 3.17. The molecule has 7 heteroatoms. The van der Waals surface area contributed by atoms with Gasteiger partial charge in [-0.2, -0.15) is 0 Å². The maximum Gasteiger partial charge on any atom is 0.337 e. The summed E-state index contributed by atoms with van der Waals surface area (Å²) in [4.78, 5) is 30.1. The number of nitrogens with one attached hydrogen (secondary N) is 2. The molecule has 27 heavy (non-hydrogen) atoms. The van der Waals surface area contributed by atoms with Crippen LogP contribution in [0, 0.1) is 5.92 Å². The van der Waals surface area contributed by atoms with Crippen LogP contribution >= 0.6 is 0 Å². The van der Waals surface area contributed by atoms with Crippen molar-refractivity contribution in [1.29, 1.82) is 0 Å². The van der Waals surface area contributed by atoms with Gasteiger partial charge in [0.25, 0.3) is 0 Å². The zero-order valence-corrected chi connectivity index (χ0v) is 16.5. The van der Waals surface area contributed by atoms with Crippen LogP contribution in [-0.4, -0.2) is 56.5 Å². The Morgan fingerprint density at radius 1 is 1.22 bits per heavy atom. The molecular weight excluding hydrogens is 344 g/mol. The van der Waals surface area contributed by atoms with Gasteiger partial charge < -0.3 is 20.3 Å². The summed E-state index contributed by atoms with van der Waals surface area (Å²) in [6.07, 6.45) is 2.59. The SMILES string of the molecule is CCNC(=NCc1ccc(C(=O)OC)cc1)N1CCC(CC(=O)NC)CC1. The van der Waals surface area contributed by atoms with Crippen molar-refractivity contribution < 1.29 is 14.3 Å². The molecule has 1 amide bonds. The lowest BCUT2D eigenvalue weighted by Crippen LogP contribution is -2.46. The van der Waals surface area contributed by atoms with Gasteiger partial charge in [-0.1, -0.05) is 12.1 Å². The number of benzene rings is 1. The zero-order valence-electron chi connectivity index (χ0n) is 16.5. The Morgan fingerprint density at radius 3 is 2.44 bits per heavy atom. The third-order valence-electron chi connectivity index (χ3n) is 4.79. The first-order valence-corrected chi connectivity index (χ1v) is 9.48. The van der Waals surface area contributed by atoms with Crippen molar-refractivity contribution in [3.8, 4) is 0 Å². The molecule has 0 aromatic heterocycles. The highest BCUT2D eigenvalue weighted by atomic mass is 16.5. The summed E-state index contributed by atoms with van der Waals surface area (Å²) in [6.45, 7) is 5.20. The van der Waals surface area contributed by atoms with Gasteiger partial charge >= 0.3 is 5.97 Å². The van der Waals surface area contributed by atoms with Crippen molar-refractivity contribution in [1.82, 2.24) is 15.5 Å². The number of hydrogen-bond donors (Lipinski definition) is 2. The molecule has 0 saturated carbocycles. The third-order valence-corrected chi connectivity index (χ3v) is 4.79. The normalized spacial score (nSPS) is 15.4. The smallest absolute Gasteiger partial charge is 0.337 e. The van der Waals surface area contributed by atoms with Crippen LogP contribution in [0.2, 0.25) is 0 Å². The number of carbonyl (C=O) groups excluding carboxylic acids is 2. The Bertz CT molecular complexity index is 650. The van der Waals surface area contributed by atoms with E-state index in [-0.39, 0.29) is 11.9 Å². The Labute approximate surface area is 161 Å². The molecule has 1 aromatic carbocycles. The number of hydrogen-bond acceptors (Lipinski definition) is 4. The molecule has 0 radical (unpaired) electrons. The van der Waals surface area contributed by atoms with Crippen LogP contribution in [0.25, 0.3) is 0 Å². The zero-order chi connectivity index (χ0) is 19.6. The number of esters is 1. The van der Waals surface area contributed by atoms with Crippen LogP contribution in [-0.2, 0) is 16.1 Å². The molecule has 2 N–H and O–H groups in total. The average Bonchev–Trinajstić information content (AvgIpc) is 2.71. The third kappa shape index (κ3) is 6.27. The number of aliphatic imine (C=N–C) groups is 1. The van der Waals surface area contributed by atoms with Crippen molar-refractivity contribution >= 4 is 17.8 Å². The molecule has 0 unspecified atom stereocenters. The van der Waals surface area contributed by atoms with Crippen molar-refractivity contribution in [2.45, 2.75) is 32.7 Å². The van der Waals surface area contributed by atoms with E-state index in [9.17, 15) is 9.59 Å². The highest BCUT2D eigenvalue weighted by Gasteiger charge is 2.23. The minimum atomic E-state index is -0.335. The number of amides is 1. The van der Waals surface area contributed by atoms with Crippen LogP contribution < -0.4 is 10.6 Å². The van der Waals surface area contributed by atoms with Crippen LogP contribution in [0.3, 0.4) is 0 Å². The largest absolute Gasteiger partial charge is 0.465 e. The summed E-state index contributed by atoms with van der Waals surface area (Å²) in [7, 11) is 3.06. The fraction of sp³-hybridized carbons (Fsp3) is 0.550. The number of piperidine rings is 1. The molecule has 0 bridgehead atoms. The van der Waals surface area contributed by atoms with E-state index in [2.05, 4.69) is 22.5 Å². The summed E-state index contributed by atoms with van der Waals surface area (Å²) in [5.41, 5.74) is 1.57. The predicted molar refractivity (Wildman–Crippen MR) is 106 cm³/mol. The van der Waals surface area contributed by atoms with Gasteiger partial charge in [-0.05, 0) is 43.4 Å². The number of nitrogens with zero attached hydrogens (tertiary/aromatic N) is 2. The first-order chi connectivity index (χ1) is 13.1. The maximum absolute atomic E-state index is 11.6. The van der Waals surface area contributed by atoms with E-state index in [0.717, 1.165) is 44.0 Å². The molecule has 2 rings (SSSR count). The standard InChI is InChI=1S/C20H30N4O3/c1-4-22-20(24-11-9-15(10-12-24)13-18(25)21-2)23-14-16-5-7-17(8-6-16)19(26)27-3/h5-8,15H,4,9-14H2,1-3H3,(H,21,25)(H,22,23). The first-order valence-electron chi connectivity index (χ1n) is 9.48. The summed E-state index contributed by atoms with van der Waals surface area (Å²) in [5.74, 6) is 1.12. The number of guanidine groups is 1. The molecule has 0 aliphatic carbocycles. The summed E-state index contributed by atoms with van der Waals surface area (Å²) in [6, 6.07) is 7.31. The first kappa shape index (κ1) is 20.7. The molecule has 1 aromatic rings. The van der Waals surface area contributed by atoms with E-state index >= 15 is 0 Å². The highest BCUT2D eigenvalue weighted by molar-refractivity contribution is 5.89. The lowest BCUT2D eigenvalue weighted by atomic mass is 9.93. The van der Waals surface area contributed by atoms with Crippen LogP contribution in [0.5, 0.6) is 0 Å². The lowest BCUT2D eigenvalue weighted by Gasteiger charge is -2.34. The number of ether oxygens (including phenoxy) is 1. The van der Waals surface area contributed by atoms with Gasteiger partial charge in [0.1, 0.15) is 0 Å². The van der Waals surface area contributed by atoms with Crippen molar-refractivity contribution in [3.05, 3.63) is 35.4 Å². The van der Waals surface area contributed by atoms with E-state index in [1.54, 1.807) is 19.2 Å². The highest BCUT2D eigenvalue weighted by Crippen LogP contribution is 2.20. The quantitative estimate of drug-likeness (QED) is 0.451. The summed E-state index contributed by atoms with van der Waals surface area (Å²) < 4.78 is 4.72. The molecule has 7 nitrogen and oxygen atoms in total. The molecule has 0 spiro atoms. The van der Waals surface area contributed by atoms with Crippen LogP contribution in [0.1, 0.15) is 42.1 Å². The number of methoxy groups -OCH3 is 1. The van der Waals surface area contributed by atoms with Crippen molar-refractivity contribution in [2.75, 3.05) is 33.8 Å². The Hall–Kier alpha value is -2.57. The van der Waals surface area contributed by atoms with E-state index in [4.69, 9.17) is 9.73 Å². The molecule has 148 valence electrons. The molecule has 1 aliphatic rings. The molecule has 1 heterocycles. The van der Waals surface area contributed by atoms with Gasteiger partial charge in [0, 0.05) is 33.1 Å². The second-order valence-electron chi connectivity index (χ2n) is 6.67. The van der Waals surface area contributed by atoms with Gasteiger partial charge in [-0.3, -0.25) is 4.79 Å². The average molecular weight is 374 g/mol. The molecule has 1 fully saturated rings. The van der Waals surface area contributed by atoms with Crippen LogP contribution in [0.4, 0.5) is 0 Å². The molecular formula is C20H30N4O3. The molecule has 0 atom stereocenters. The minimum absolute atomic E-state index is 0.115. The Balaban J connectivity index is 1.94. The van der Waals surface area contributed by atoms with E-state index < -0.39 is 0 Å². The topological polar surface area (TPSA) is 83.0 Å². The number of likely N-dealkylation sites (tertiary alicyclic amines) is 1. The van der Waals surface area contributed by atoms with E-state index in [1.807, 2.05) is 12.1 Å². The van der Waals surface area contributed by atoms with E-state index in [0.29, 0.717) is 24.4 Å². The maximum atomic E-state index is 11.6. The number of carbonyl (C=O) groups is 2. The van der Waals surface area contributed by atoms with Gasteiger partial charge in [0.15, 0.2) is 5.96 Å².